The summed E-state index contributed by atoms with van der Waals surface area (Å²) in [4.78, 5) is 1.30. The molecule has 0 aliphatic rings. The molecule has 1 N–H and O–H groups in total. The van der Waals surface area contributed by atoms with Crippen molar-refractivity contribution in [2.75, 3.05) is 0 Å². The van der Waals surface area contributed by atoms with Gasteiger partial charge in [0.1, 0.15) is 0 Å². The van der Waals surface area contributed by atoms with Gasteiger partial charge >= 0.3 is 0 Å². The van der Waals surface area contributed by atoms with Crippen LogP contribution in [0.3, 0.4) is 0 Å². The summed E-state index contributed by atoms with van der Waals surface area (Å²) in [6.07, 6.45) is 0. The standard InChI is InChI=1S/C13H14BrNO2S2/c1-9-3-4-13(11(14)7-9)19(16,17)15-8-12-10(2)5-6-18-12/h3-7,15H,8H2,1-2H3. The van der Waals surface area contributed by atoms with Gasteiger partial charge in [0.05, 0.1) is 4.90 Å². The first-order valence-corrected chi connectivity index (χ1v) is 8.84. The van der Waals surface area contributed by atoms with E-state index in [9.17, 15) is 8.42 Å². The Morgan fingerprint density at radius 1 is 1.26 bits per heavy atom. The Hall–Kier alpha value is -0.690. The third-order valence-corrected chi connectivity index (χ3v) is 6.17. The minimum absolute atomic E-state index is 0.271. The van der Waals surface area contributed by atoms with E-state index in [1.54, 1.807) is 29.5 Å². The molecule has 0 aliphatic carbocycles. The molecule has 0 radical (unpaired) electrons. The Morgan fingerprint density at radius 2 is 2.00 bits per heavy atom. The van der Waals surface area contributed by atoms with Gasteiger partial charge in [-0.2, -0.15) is 0 Å². The van der Waals surface area contributed by atoms with Gasteiger partial charge in [0, 0.05) is 15.9 Å². The first-order chi connectivity index (χ1) is 8.90. The van der Waals surface area contributed by atoms with Crippen LogP contribution in [-0.4, -0.2) is 8.42 Å². The third kappa shape index (κ3) is 3.45. The molecule has 1 heterocycles. The van der Waals surface area contributed by atoms with Crippen LogP contribution in [0.5, 0.6) is 0 Å². The van der Waals surface area contributed by atoms with Gasteiger partial charge in [-0.25, -0.2) is 13.1 Å². The molecule has 3 nitrogen and oxygen atoms in total. The van der Waals surface area contributed by atoms with Crippen molar-refractivity contribution in [1.82, 2.24) is 4.72 Å². The van der Waals surface area contributed by atoms with Gasteiger partial charge in [-0.05, 0) is 64.5 Å². The highest BCUT2D eigenvalue weighted by Crippen LogP contribution is 2.23. The molecule has 0 saturated carbocycles. The molecule has 19 heavy (non-hydrogen) atoms. The molecule has 0 atom stereocenters. The van der Waals surface area contributed by atoms with Crippen LogP contribution in [-0.2, 0) is 16.6 Å². The Morgan fingerprint density at radius 3 is 2.58 bits per heavy atom. The lowest BCUT2D eigenvalue weighted by Crippen LogP contribution is -2.23. The Bertz CT molecular complexity index is 692. The van der Waals surface area contributed by atoms with E-state index in [0.717, 1.165) is 16.0 Å². The summed E-state index contributed by atoms with van der Waals surface area (Å²) in [5, 5.41) is 1.96. The fourth-order valence-electron chi connectivity index (χ4n) is 1.65. The maximum atomic E-state index is 12.2. The molecule has 1 aromatic carbocycles. The van der Waals surface area contributed by atoms with Crippen molar-refractivity contribution >= 4 is 37.3 Å². The normalized spacial score (nSPS) is 11.7. The van der Waals surface area contributed by atoms with Crippen LogP contribution >= 0.6 is 27.3 Å². The number of nitrogens with one attached hydrogen (secondary N) is 1. The first kappa shape index (κ1) is 14.7. The lowest BCUT2D eigenvalue weighted by molar-refractivity contribution is 0.581. The van der Waals surface area contributed by atoms with Gasteiger partial charge in [-0.3, -0.25) is 0 Å². The molecule has 0 spiro atoms. The summed E-state index contributed by atoms with van der Waals surface area (Å²) in [7, 11) is -3.49. The highest BCUT2D eigenvalue weighted by molar-refractivity contribution is 9.10. The first-order valence-electron chi connectivity index (χ1n) is 5.69. The predicted octanol–water partition coefficient (Wildman–Crippen LogP) is 3.61. The zero-order chi connectivity index (χ0) is 14.0. The summed E-state index contributed by atoms with van der Waals surface area (Å²) in [5.41, 5.74) is 2.12. The van der Waals surface area contributed by atoms with Crippen LogP contribution in [0.15, 0.2) is 39.0 Å². The van der Waals surface area contributed by atoms with Crippen molar-refractivity contribution in [2.24, 2.45) is 0 Å². The molecular formula is C13H14BrNO2S2. The van der Waals surface area contributed by atoms with Crippen molar-refractivity contribution in [3.05, 3.63) is 50.1 Å². The van der Waals surface area contributed by atoms with Crippen molar-refractivity contribution < 1.29 is 8.42 Å². The third-order valence-electron chi connectivity index (χ3n) is 2.77. The molecule has 102 valence electrons. The van der Waals surface area contributed by atoms with Crippen LogP contribution in [0.1, 0.15) is 16.0 Å². The molecule has 6 heteroatoms. The van der Waals surface area contributed by atoms with Crippen molar-refractivity contribution in [3.63, 3.8) is 0 Å². The predicted molar refractivity (Wildman–Crippen MR) is 82.0 cm³/mol. The second kappa shape index (κ2) is 5.75. The molecule has 0 fully saturated rings. The highest BCUT2D eigenvalue weighted by Gasteiger charge is 2.17. The minimum atomic E-state index is -3.49. The van der Waals surface area contributed by atoms with Crippen molar-refractivity contribution in [1.29, 1.82) is 0 Å². The Kier molecular flexibility index (Phi) is 4.45. The van der Waals surface area contributed by atoms with Gasteiger partial charge < -0.3 is 0 Å². The summed E-state index contributed by atoms with van der Waals surface area (Å²) in [6.45, 7) is 4.22. The SMILES string of the molecule is Cc1ccc(S(=O)(=O)NCc2sccc2C)c(Br)c1. The summed E-state index contributed by atoms with van der Waals surface area (Å²) in [5.74, 6) is 0. The molecule has 1 aromatic heterocycles. The molecule has 2 aromatic rings. The number of rotatable bonds is 4. The number of halogens is 1. The summed E-state index contributed by atoms with van der Waals surface area (Å²) >= 11 is 4.85. The summed E-state index contributed by atoms with van der Waals surface area (Å²) in [6, 6.07) is 7.18. The van der Waals surface area contributed by atoms with E-state index >= 15 is 0 Å². The molecule has 0 unspecified atom stereocenters. The van der Waals surface area contributed by atoms with Crippen molar-refractivity contribution in [3.8, 4) is 0 Å². The van der Waals surface area contributed by atoms with E-state index in [0.29, 0.717) is 11.0 Å². The van der Waals surface area contributed by atoms with Crippen molar-refractivity contribution in [2.45, 2.75) is 25.3 Å². The lowest BCUT2D eigenvalue weighted by Gasteiger charge is -2.09. The van der Waals surface area contributed by atoms with E-state index in [1.165, 1.54) is 0 Å². The van der Waals surface area contributed by atoms with E-state index in [2.05, 4.69) is 20.7 Å². The fourth-order valence-corrected chi connectivity index (χ4v) is 4.77. The zero-order valence-electron chi connectivity index (χ0n) is 10.6. The maximum Gasteiger partial charge on any atom is 0.242 e. The second-order valence-electron chi connectivity index (χ2n) is 4.29. The van der Waals surface area contributed by atoms with Gasteiger partial charge in [-0.1, -0.05) is 6.07 Å². The molecule has 0 saturated heterocycles. The molecular weight excluding hydrogens is 346 g/mol. The van der Waals surface area contributed by atoms with Crippen LogP contribution in [0, 0.1) is 13.8 Å². The Labute approximate surface area is 125 Å². The minimum Gasteiger partial charge on any atom is -0.207 e. The number of sulfonamides is 1. The topological polar surface area (TPSA) is 46.2 Å². The number of thiophene rings is 1. The van der Waals surface area contributed by atoms with Gasteiger partial charge in [-0.15, -0.1) is 11.3 Å². The second-order valence-corrected chi connectivity index (χ2v) is 7.88. The van der Waals surface area contributed by atoms with Gasteiger partial charge in [0.15, 0.2) is 0 Å². The van der Waals surface area contributed by atoms with Crippen LogP contribution in [0.2, 0.25) is 0 Å². The summed E-state index contributed by atoms with van der Waals surface area (Å²) < 4.78 is 27.7. The molecule has 2 rings (SSSR count). The number of benzene rings is 1. The molecule has 0 aliphatic heterocycles. The van der Waals surface area contributed by atoms with Gasteiger partial charge in [0.2, 0.25) is 10.0 Å². The van der Waals surface area contributed by atoms with Crippen LogP contribution in [0.4, 0.5) is 0 Å². The highest BCUT2D eigenvalue weighted by atomic mass is 79.9. The van der Waals surface area contributed by atoms with Gasteiger partial charge in [0.25, 0.3) is 0 Å². The van der Waals surface area contributed by atoms with E-state index in [1.807, 2.05) is 25.3 Å². The maximum absolute atomic E-state index is 12.2. The number of hydrogen-bond acceptors (Lipinski definition) is 3. The zero-order valence-corrected chi connectivity index (χ0v) is 13.8. The monoisotopic (exact) mass is 359 g/mol. The van der Waals surface area contributed by atoms with Crippen LogP contribution < -0.4 is 4.72 Å². The fraction of sp³-hybridized carbons (Fsp3) is 0.231. The largest absolute Gasteiger partial charge is 0.242 e. The average Bonchev–Trinajstić information content (AvgIpc) is 2.72. The molecule has 0 amide bonds. The smallest absolute Gasteiger partial charge is 0.207 e. The quantitative estimate of drug-likeness (QED) is 0.906. The number of hydrogen-bond donors (Lipinski definition) is 1. The molecule has 0 bridgehead atoms. The van der Waals surface area contributed by atoms with Crippen LogP contribution in [0.25, 0.3) is 0 Å². The Balaban J connectivity index is 2.21. The van der Waals surface area contributed by atoms with E-state index < -0.39 is 10.0 Å². The average molecular weight is 360 g/mol. The van der Waals surface area contributed by atoms with E-state index in [4.69, 9.17) is 0 Å². The lowest BCUT2D eigenvalue weighted by atomic mass is 10.2. The number of aryl methyl sites for hydroxylation is 2. The van der Waals surface area contributed by atoms with E-state index in [-0.39, 0.29) is 4.90 Å².